The second-order valence-electron chi connectivity index (χ2n) is 6.23. The van der Waals surface area contributed by atoms with Crippen LogP contribution in [0.4, 0.5) is 11.5 Å². The van der Waals surface area contributed by atoms with Crippen molar-refractivity contribution < 1.29 is 9.53 Å². The van der Waals surface area contributed by atoms with Gasteiger partial charge in [-0.2, -0.15) is 5.10 Å². The Kier molecular flexibility index (Phi) is 5.21. The Morgan fingerprint density at radius 2 is 1.97 bits per heavy atom. The minimum atomic E-state index is -0.252. The SMILES string of the molecule is [B]NCC(=O)c1[nH]nc2ncnc(Nc3cc(-c4ccccc4)ccc3OC)c12. The van der Waals surface area contributed by atoms with Gasteiger partial charge >= 0.3 is 0 Å². The first-order valence-electron chi connectivity index (χ1n) is 8.87. The van der Waals surface area contributed by atoms with Crippen LogP contribution < -0.4 is 15.3 Å². The lowest BCUT2D eigenvalue weighted by molar-refractivity contribution is 0.0994. The number of nitrogens with zero attached hydrogens (tertiary/aromatic N) is 3. The standard InChI is InChI=1S/C20H17BN6O2/c1-29-16-8-7-13(12-5-3-2-4-6-12)9-14(16)25-19-17-18(15(28)10-24-21)26-27-20(17)23-11-22-19/h2-9,11,24H,10H2,1H3,(H2,22,23,25,26,27). The van der Waals surface area contributed by atoms with E-state index in [-0.39, 0.29) is 18.0 Å². The highest BCUT2D eigenvalue weighted by Crippen LogP contribution is 2.34. The van der Waals surface area contributed by atoms with E-state index in [9.17, 15) is 4.79 Å². The quantitative estimate of drug-likeness (QED) is 0.332. The number of rotatable bonds is 7. The van der Waals surface area contributed by atoms with Crippen LogP contribution in [0.2, 0.25) is 0 Å². The van der Waals surface area contributed by atoms with Crippen LogP contribution in [0.3, 0.4) is 0 Å². The van der Waals surface area contributed by atoms with Gasteiger partial charge in [0, 0.05) is 0 Å². The third-order valence-corrected chi connectivity index (χ3v) is 4.45. The second kappa shape index (κ2) is 8.11. The van der Waals surface area contributed by atoms with Gasteiger partial charge in [0.15, 0.2) is 19.4 Å². The van der Waals surface area contributed by atoms with Crippen molar-refractivity contribution in [3.63, 3.8) is 0 Å². The molecule has 0 aliphatic rings. The Balaban J connectivity index is 1.78. The molecule has 2 heterocycles. The Hall–Kier alpha value is -3.72. The maximum Gasteiger partial charge on any atom is 0.194 e. The first-order chi connectivity index (χ1) is 14.2. The lowest BCUT2D eigenvalue weighted by Crippen LogP contribution is -2.20. The van der Waals surface area contributed by atoms with E-state index >= 15 is 0 Å². The number of benzene rings is 2. The van der Waals surface area contributed by atoms with Crippen LogP contribution in [0, 0.1) is 0 Å². The molecule has 8 nitrogen and oxygen atoms in total. The zero-order valence-electron chi connectivity index (χ0n) is 15.6. The van der Waals surface area contributed by atoms with Gasteiger partial charge in [0.05, 0.1) is 24.7 Å². The zero-order valence-corrected chi connectivity index (χ0v) is 15.6. The Labute approximate surface area is 168 Å². The molecular formula is C20H17BN6O2. The minimum absolute atomic E-state index is 0.0432. The van der Waals surface area contributed by atoms with Gasteiger partial charge in [-0.25, -0.2) is 9.97 Å². The highest BCUT2D eigenvalue weighted by atomic mass is 16.5. The van der Waals surface area contributed by atoms with E-state index in [2.05, 4.69) is 30.7 Å². The van der Waals surface area contributed by atoms with Crippen molar-refractivity contribution in [3.8, 4) is 16.9 Å². The van der Waals surface area contributed by atoms with E-state index in [0.717, 1.165) is 11.1 Å². The van der Waals surface area contributed by atoms with Crippen LogP contribution in [0.15, 0.2) is 54.9 Å². The predicted octanol–water partition coefficient (Wildman–Crippen LogP) is 2.63. The molecule has 29 heavy (non-hydrogen) atoms. The van der Waals surface area contributed by atoms with Gasteiger partial charge in [-0.1, -0.05) is 36.4 Å². The van der Waals surface area contributed by atoms with E-state index in [4.69, 9.17) is 12.7 Å². The van der Waals surface area contributed by atoms with Crippen molar-refractivity contribution in [2.24, 2.45) is 0 Å². The summed E-state index contributed by atoms with van der Waals surface area (Å²) in [7, 11) is 6.88. The summed E-state index contributed by atoms with van der Waals surface area (Å²) in [6, 6.07) is 15.8. The van der Waals surface area contributed by atoms with Crippen molar-refractivity contribution in [2.45, 2.75) is 0 Å². The van der Waals surface area contributed by atoms with Crippen molar-refractivity contribution in [1.29, 1.82) is 0 Å². The maximum absolute atomic E-state index is 12.4. The summed E-state index contributed by atoms with van der Waals surface area (Å²) >= 11 is 0. The average Bonchev–Trinajstić information content (AvgIpc) is 3.20. The number of carbonyl (C=O) groups excluding carboxylic acids is 1. The van der Waals surface area contributed by atoms with E-state index in [1.165, 1.54) is 6.33 Å². The fraction of sp³-hybridized carbons (Fsp3) is 0.100. The number of aromatic nitrogens is 4. The molecule has 0 aliphatic carbocycles. The summed E-state index contributed by atoms with van der Waals surface area (Å²) in [5.41, 5.74) is 3.43. The van der Waals surface area contributed by atoms with Crippen molar-refractivity contribution in [2.75, 3.05) is 19.0 Å². The van der Waals surface area contributed by atoms with Crippen molar-refractivity contribution in [1.82, 2.24) is 25.4 Å². The molecule has 9 heteroatoms. The molecule has 0 atom stereocenters. The third-order valence-electron chi connectivity index (χ3n) is 4.45. The van der Waals surface area contributed by atoms with Crippen LogP contribution >= 0.6 is 0 Å². The largest absolute Gasteiger partial charge is 0.495 e. The molecule has 2 radical (unpaired) electrons. The molecule has 4 aromatic rings. The highest BCUT2D eigenvalue weighted by Gasteiger charge is 2.19. The fourth-order valence-corrected chi connectivity index (χ4v) is 3.08. The monoisotopic (exact) mass is 384 g/mol. The average molecular weight is 384 g/mol. The van der Waals surface area contributed by atoms with Crippen molar-refractivity contribution in [3.05, 3.63) is 60.6 Å². The number of fused-ring (bicyclic) bond motifs is 1. The van der Waals surface area contributed by atoms with Crippen LogP contribution in [0.25, 0.3) is 22.2 Å². The molecule has 142 valence electrons. The van der Waals surface area contributed by atoms with Gasteiger partial charge in [-0.05, 0) is 23.3 Å². The molecule has 0 unspecified atom stereocenters. The Morgan fingerprint density at radius 3 is 2.72 bits per heavy atom. The number of ether oxygens (including phenoxy) is 1. The number of aromatic amines is 1. The first-order valence-corrected chi connectivity index (χ1v) is 8.87. The van der Waals surface area contributed by atoms with Gasteiger partial charge in [-0.3, -0.25) is 9.89 Å². The van der Waals surface area contributed by atoms with E-state index < -0.39 is 0 Å². The smallest absolute Gasteiger partial charge is 0.194 e. The van der Waals surface area contributed by atoms with Gasteiger partial charge < -0.3 is 15.3 Å². The number of H-pyrrole nitrogens is 1. The summed E-state index contributed by atoms with van der Waals surface area (Å²) in [4.78, 5) is 20.8. The maximum atomic E-state index is 12.4. The number of nitrogens with one attached hydrogen (secondary N) is 3. The molecular weight excluding hydrogens is 367 g/mol. The predicted molar refractivity (Wildman–Crippen MR) is 111 cm³/mol. The van der Waals surface area contributed by atoms with Gasteiger partial charge in [0.25, 0.3) is 0 Å². The molecule has 3 N–H and O–H groups in total. The number of methoxy groups -OCH3 is 1. The number of anilines is 2. The van der Waals surface area contributed by atoms with E-state index in [1.54, 1.807) is 7.11 Å². The molecule has 0 fully saturated rings. The normalized spacial score (nSPS) is 10.8. The Bertz CT molecular complexity index is 1160. The van der Waals surface area contributed by atoms with Gasteiger partial charge in [0.2, 0.25) is 0 Å². The lowest BCUT2D eigenvalue weighted by atomic mass is 10.0. The number of hydrogen-bond donors (Lipinski definition) is 3. The van der Waals surface area contributed by atoms with Gasteiger partial charge in [0.1, 0.15) is 23.6 Å². The first kappa shape index (κ1) is 18.6. The second-order valence-corrected chi connectivity index (χ2v) is 6.23. The van der Waals surface area contributed by atoms with E-state index in [0.29, 0.717) is 28.3 Å². The number of carbonyl (C=O) groups is 1. The molecule has 0 saturated carbocycles. The summed E-state index contributed by atoms with van der Waals surface area (Å²) in [6.07, 6.45) is 1.38. The van der Waals surface area contributed by atoms with Crippen LogP contribution in [0.1, 0.15) is 10.5 Å². The molecule has 0 aliphatic heterocycles. The summed E-state index contributed by atoms with van der Waals surface area (Å²) in [6.45, 7) is -0.0432. The van der Waals surface area contributed by atoms with Crippen molar-refractivity contribution >= 4 is 36.3 Å². The van der Waals surface area contributed by atoms with Gasteiger partial charge in [-0.15, -0.1) is 0 Å². The number of hydrogen-bond acceptors (Lipinski definition) is 7. The fourth-order valence-electron chi connectivity index (χ4n) is 3.08. The highest BCUT2D eigenvalue weighted by molar-refractivity contribution is 6.13. The molecule has 0 saturated heterocycles. The number of Topliss-reactive ketones (excluding diaryl/α,β-unsaturated/α-hetero) is 1. The minimum Gasteiger partial charge on any atom is -0.495 e. The molecule has 2 aromatic heterocycles. The van der Waals surface area contributed by atoms with Crippen LogP contribution in [0.5, 0.6) is 5.75 Å². The Morgan fingerprint density at radius 1 is 1.14 bits per heavy atom. The topological polar surface area (TPSA) is 105 Å². The third kappa shape index (κ3) is 3.68. The summed E-state index contributed by atoms with van der Waals surface area (Å²) in [5, 5.41) is 12.9. The van der Waals surface area contributed by atoms with E-state index in [1.807, 2.05) is 48.5 Å². The summed E-state index contributed by atoms with van der Waals surface area (Å²) < 4.78 is 5.50. The van der Waals surface area contributed by atoms with Crippen LogP contribution in [-0.4, -0.2) is 47.6 Å². The molecule has 4 rings (SSSR count). The van der Waals surface area contributed by atoms with Crippen LogP contribution in [-0.2, 0) is 0 Å². The zero-order chi connectivity index (χ0) is 20.2. The number of ketones is 1. The molecule has 0 spiro atoms. The molecule has 2 aromatic carbocycles. The lowest BCUT2D eigenvalue weighted by Gasteiger charge is -2.13. The molecule has 0 amide bonds. The molecule has 0 bridgehead atoms. The summed E-state index contributed by atoms with van der Waals surface area (Å²) in [5.74, 6) is 0.821.